The average molecular weight is 236 g/mol. The Morgan fingerprint density at radius 2 is 1.71 bits per heavy atom. The molecule has 0 aliphatic heterocycles. The fraction of sp³-hybridized carbons (Fsp3) is 0.765. The molecule has 0 aromatic rings. The molecule has 1 saturated carbocycles. The van der Waals surface area contributed by atoms with E-state index in [0.717, 1.165) is 5.92 Å². The molecule has 1 fully saturated rings. The maximum Gasteiger partial charge on any atom is -0.0194 e. The molecule has 0 heteroatoms. The van der Waals surface area contributed by atoms with Gasteiger partial charge in [0, 0.05) is 0 Å². The highest BCUT2D eigenvalue weighted by Crippen LogP contribution is 2.36. The van der Waals surface area contributed by atoms with E-state index in [9.17, 15) is 0 Å². The van der Waals surface area contributed by atoms with Crippen molar-refractivity contribution >= 4 is 0 Å². The van der Waals surface area contributed by atoms with E-state index >= 15 is 0 Å². The summed E-state index contributed by atoms with van der Waals surface area (Å²) >= 11 is 0. The van der Waals surface area contributed by atoms with Crippen LogP contribution in [-0.4, -0.2) is 0 Å². The number of unbranched alkanes of at least 4 members (excludes halogenated alkanes) is 6. The van der Waals surface area contributed by atoms with Crippen LogP contribution in [0.4, 0.5) is 0 Å². The molecule has 0 aromatic heterocycles. The summed E-state index contributed by atoms with van der Waals surface area (Å²) in [6, 6.07) is 0. The Morgan fingerprint density at radius 1 is 1.06 bits per heavy atom. The summed E-state index contributed by atoms with van der Waals surface area (Å²) in [6.07, 6.45) is 16.4. The topological polar surface area (TPSA) is 0 Å². The van der Waals surface area contributed by atoms with Crippen molar-refractivity contribution in [3.63, 3.8) is 0 Å². The Hall–Kier alpha value is -0.520. The lowest BCUT2D eigenvalue weighted by Crippen LogP contribution is -1.71. The summed E-state index contributed by atoms with van der Waals surface area (Å²) in [5.74, 6) is 0.932. The zero-order chi connectivity index (χ0) is 12.9. The van der Waals surface area contributed by atoms with Crippen molar-refractivity contribution in [2.45, 2.75) is 78.6 Å². The van der Waals surface area contributed by atoms with Gasteiger partial charge in [-0.3, -0.25) is 0 Å². The minimum absolute atomic E-state index is 0.932. The molecule has 0 radical (unpaired) electrons. The molecule has 1 rings (SSSR count). The van der Waals surface area contributed by atoms with E-state index in [1.165, 1.54) is 57.8 Å². The molecular weight excluding hydrogens is 204 g/mol. The van der Waals surface area contributed by atoms with E-state index in [0.29, 0.717) is 0 Å². The minimum Gasteiger partial charge on any atom is -0.103 e. The summed E-state index contributed by atoms with van der Waals surface area (Å²) in [7, 11) is 0. The Labute approximate surface area is 109 Å². The third-order valence-corrected chi connectivity index (χ3v) is 3.24. The van der Waals surface area contributed by atoms with Crippen LogP contribution in [0.5, 0.6) is 0 Å². The Morgan fingerprint density at radius 3 is 2.18 bits per heavy atom. The van der Waals surface area contributed by atoms with Gasteiger partial charge in [0.1, 0.15) is 0 Å². The molecule has 0 nitrogen and oxygen atoms in total. The second-order valence-electron chi connectivity index (χ2n) is 5.16. The smallest absolute Gasteiger partial charge is 0.0194 e. The van der Waals surface area contributed by atoms with E-state index in [1.807, 2.05) is 6.08 Å². The van der Waals surface area contributed by atoms with E-state index < -0.39 is 0 Å². The lowest BCUT2D eigenvalue weighted by atomic mass is 10.2. The number of hydrogen-bond donors (Lipinski definition) is 0. The van der Waals surface area contributed by atoms with Crippen molar-refractivity contribution in [2.75, 3.05) is 0 Å². The van der Waals surface area contributed by atoms with Gasteiger partial charge in [-0.15, -0.1) is 6.58 Å². The van der Waals surface area contributed by atoms with Gasteiger partial charge >= 0.3 is 0 Å². The molecular formula is C17H32. The molecule has 1 aliphatic rings. The van der Waals surface area contributed by atoms with Gasteiger partial charge in [-0.05, 0) is 31.6 Å². The Bertz CT molecular complexity index is 200. The maximum atomic E-state index is 3.66. The number of allylic oxidation sites excluding steroid dienone is 3. The maximum absolute atomic E-state index is 3.66. The average Bonchev–Trinajstić information content (AvgIpc) is 3.02. The highest BCUT2D eigenvalue weighted by atomic mass is 14.3. The summed E-state index contributed by atoms with van der Waals surface area (Å²) in [5, 5.41) is 0. The highest BCUT2D eigenvalue weighted by Gasteiger charge is 2.22. The first-order chi connectivity index (χ1) is 8.26. The Balaban J connectivity index is 0.000000304. The third kappa shape index (κ3) is 11.7. The molecule has 0 spiro atoms. The zero-order valence-electron chi connectivity index (χ0n) is 12.3. The second-order valence-corrected chi connectivity index (χ2v) is 5.16. The summed E-state index contributed by atoms with van der Waals surface area (Å²) in [5.41, 5.74) is 1.70. The zero-order valence-corrected chi connectivity index (χ0v) is 12.3. The molecule has 0 aromatic carbocycles. The fourth-order valence-corrected chi connectivity index (χ4v) is 1.79. The van der Waals surface area contributed by atoms with Crippen LogP contribution in [0, 0.1) is 5.92 Å². The SMILES string of the molecule is C=CCCCCCC.CCCCC=C1CC1C. The second kappa shape index (κ2) is 12.0. The predicted octanol–water partition coefficient (Wildman–Crippen LogP) is 6.29. The van der Waals surface area contributed by atoms with Gasteiger partial charge in [-0.25, -0.2) is 0 Å². The molecule has 1 atom stereocenters. The van der Waals surface area contributed by atoms with Crippen LogP contribution in [0.15, 0.2) is 24.3 Å². The van der Waals surface area contributed by atoms with Crippen LogP contribution in [0.3, 0.4) is 0 Å². The van der Waals surface area contributed by atoms with E-state index in [2.05, 4.69) is 33.4 Å². The lowest BCUT2D eigenvalue weighted by Gasteiger charge is -1.91. The van der Waals surface area contributed by atoms with Crippen molar-refractivity contribution in [1.82, 2.24) is 0 Å². The van der Waals surface area contributed by atoms with E-state index in [-0.39, 0.29) is 0 Å². The summed E-state index contributed by atoms with van der Waals surface area (Å²) in [4.78, 5) is 0. The largest absolute Gasteiger partial charge is 0.103 e. The molecule has 0 bridgehead atoms. The quantitative estimate of drug-likeness (QED) is 0.343. The third-order valence-electron chi connectivity index (χ3n) is 3.24. The normalized spacial score (nSPS) is 19.7. The summed E-state index contributed by atoms with van der Waals surface area (Å²) < 4.78 is 0. The van der Waals surface area contributed by atoms with Crippen molar-refractivity contribution in [1.29, 1.82) is 0 Å². The van der Waals surface area contributed by atoms with Crippen LogP contribution in [0.1, 0.15) is 78.6 Å². The van der Waals surface area contributed by atoms with Gasteiger partial charge < -0.3 is 0 Å². The molecule has 17 heavy (non-hydrogen) atoms. The van der Waals surface area contributed by atoms with Gasteiger partial charge in [-0.1, -0.05) is 70.6 Å². The van der Waals surface area contributed by atoms with Gasteiger partial charge in [0.2, 0.25) is 0 Å². The fourth-order valence-electron chi connectivity index (χ4n) is 1.79. The monoisotopic (exact) mass is 236 g/mol. The Kier molecular flexibility index (Phi) is 11.6. The molecule has 0 N–H and O–H groups in total. The lowest BCUT2D eigenvalue weighted by molar-refractivity contribution is 0.675. The molecule has 0 saturated heterocycles. The standard InChI is InChI=1S/C9H16.C8H16/c1-3-4-5-6-9-7-8(9)2;1-3-5-7-8-6-4-2/h6,8H,3-5,7H2,1-2H3;3H,1,4-8H2,2H3. The van der Waals surface area contributed by atoms with Crippen molar-refractivity contribution in [3.8, 4) is 0 Å². The van der Waals surface area contributed by atoms with Crippen molar-refractivity contribution in [2.24, 2.45) is 5.92 Å². The molecule has 0 amide bonds. The van der Waals surface area contributed by atoms with Crippen molar-refractivity contribution in [3.05, 3.63) is 24.3 Å². The first-order valence-electron chi connectivity index (χ1n) is 7.56. The first-order valence-corrected chi connectivity index (χ1v) is 7.56. The van der Waals surface area contributed by atoms with Crippen molar-refractivity contribution < 1.29 is 0 Å². The minimum atomic E-state index is 0.932. The summed E-state index contributed by atoms with van der Waals surface area (Å²) in [6.45, 7) is 10.4. The first kappa shape index (κ1) is 16.5. The van der Waals surface area contributed by atoms with Crippen LogP contribution in [-0.2, 0) is 0 Å². The molecule has 1 aliphatic carbocycles. The number of hydrogen-bond acceptors (Lipinski definition) is 0. The van der Waals surface area contributed by atoms with Crippen LogP contribution in [0.2, 0.25) is 0 Å². The highest BCUT2D eigenvalue weighted by molar-refractivity contribution is 5.21. The molecule has 100 valence electrons. The number of rotatable bonds is 8. The predicted molar refractivity (Wildman–Crippen MR) is 80.3 cm³/mol. The van der Waals surface area contributed by atoms with Gasteiger partial charge in [0.15, 0.2) is 0 Å². The van der Waals surface area contributed by atoms with Gasteiger partial charge in [0.05, 0.1) is 0 Å². The molecule has 1 unspecified atom stereocenters. The van der Waals surface area contributed by atoms with Gasteiger partial charge in [0.25, 0.3) is 0 Å². The van der Waals surface area contributed by atoms with E-state index in [4.69, 9.17) is 0 Å². The van der Waals surface area contributed by atoms with Crippen LogP contribution in [0.25, 0.3) is 0 Å². The van der Waals surface area contributed by atoms with Crippen LogP contribution < -0.4 is 0 Å². The molecule has 0 heterocycles. The van der Waals surface area contributed by atoms with Gasteiger partial charge in [-0.2, -0.15) is 0 Å². The van der Waals surface area contributed by atoms with Crippen LogP contribution >= 0.6 is 0 Å². The van der Waals surface area contributed by atoms with E-state index in [1.54, 1.807) is 5.57 Å².